The lowest BCUT2D eigenvalue weighted by molar-refractivity contribution is -0.119. The van der Waals surface area contributed by atoms with Gasteiger partial charge in [0.1, 0.15) is 16.4 Å². The van der Waals surface area contributed by atoms with Crippen LogP contribution in [0.15, 0.2) is 24.3 Å². The number of carbonyl (C=O) groups excluding carboxylic acids is 2. The Kier molecular flexibility index (Phi) is 7.32. The molecule has 11 heteroatoms. The number of carbonyl (C=O) groups is 2. The first-order chi connectivity index (χ1) is 13.8. The molecule has 2 heterocycles. The highest BCUT2D eigenvalue weighted by Crippen LogP contribution is 2.29. The second-order valence-electron chi connectivity index (χ2n) is 6.90. The Hall–Kier alpha value is -1.48. The van der Waals surface area contributed by atoms with Crippen molar-refractivity contribution in [3.8, 4) is 0 Å². The summed E-state index contributed by atoms with van der Waals surface area (Å²) in [6.07, 6.45) is -2.16. The normalized spacial score (nSPS) is 24.0. The van der Waals surface area contributed by atoms with Crippen molar-refractivity contribution in [2.45, 2.75) is 29.7 Å². The van der Waals surface area contributed by atoms with Crippen molar-refractivity contribution in [2.24, 2.45) is 0 Å². The van der Waals surface area contributed by atoms with Gasteiger partial charge in [-0.25, -0.2) is 9.18 Å². The maximum atomic E-state index is 14.5. The molecule has 1 aromatic rings. The van der Waals surface area contributed by atoms with Gasteiger partial charge in [-0.3, -0.25) is 14.6 Å². The van der Waals surface area contributed by atoms with Gasteiger partial charge in [0.15, 0.2) is 6.30 Å². The summed E-state index contributed by atoms with van der Waals surface area (Å²) in [4.78, 5) is 27.1. The third kappa shape index (κ3) is 5.36. The molecule has 3 atom stereocenters. The van der Waals surface area contributed by atoms with Crippen LogP contribution in [0.1, 0.15) is 6.92 Å². The zero-order valence-electron chi connectivity index (χ0n) is 15.7. The number of hydrogen-bond acceptors (Lipinski definition) is 5. The van der Waals surface area contributed by atoms with Crippen molar-refractivity contribution >= 4 is 58.2 Å². The van der Waals surface area contributed by atoms with Gasteiger partial charge in [-0.05, 0) is 24.3 Å². The lowest BCUT2D eigenvalue weighted by Crippen LogP contribution is -2.55. The Morgan fingerprint density at radius 2 is 1.86 bits per heavy atom. The van der Waals surface area contributed by atoms with Crippen LogP contribution < -0.4 is 15.1 Å². The molecule has 0 aliphatic carbocycles. The van der Waals surface area contributed by atoms with Crippen molar-refractivity contribution in [1.82, 2.24) is 10.2 Å². The SMILES string of the molecule is CC(=O)NCC1CN(c2ccc(N3CCN(C(Cl)C(Cl)Cl)C(F)C3)cc2)C(=O)O1. The summed E-state index contributed by atoms with van der Waals surface area (Å²) >= 11 is 17.6. The molecule has 0 saturated carbocycles. The lowest BCUT2D eigenvalue weighted by Gasteiger charge is -2.41. The summed E-state index contributed by atoms with van der Waals surface area (Å²) in [5, 5.41) is 2.64. The minimum atomic E-state index is -1.30. The Morgan fingerprint density at radius 1 is 1.21 bits per heavy atom. The monoisotopic (exact) mass is 466 g/mol. The summed E-state index contributed by atoms with van der Waals surface area (Å²) in [6, 6.07) is 7.23. The van der Waals surface area contributed by atoms with Gasteiger partial charge in [-0.1, -0.05) is 0 Å². The molecular weight excluding hydrogens is 446 g/mol. The second-order valence-corrected chi connectivity index (χ2v) is 8.51. The van der Waals surface area contributed by atoms with E-state index in [4.69, 9.17) is 39.5 Å². The molecular formula is C18H22Cl3FN4O3. The molecule has 0 bridgehead atoms. The number of nitrogens with zero attached hydrogens (tertiary/aromatic N) is 3. The summed E-state index contributed by atoms with van der Waals surface area (Å²) < 4.78 is 19.8. The molecule has 2 saturated heterocycles. The molecule has 2 fully saturated rings. The van der Waals surface area contributed by atoms with Crippen LogP contribution in [-0.4, -0.2) is 72.4 Å². The molecule has 3 unspecified atom stereocenters. The third-order valence-corrected chi connectivity index (χ3v) is 6.10. The maximum Gasteiger partial charge on any atom is 0.414 e. The molecule has 2 aliphatic rings. The largest absolute Gasteiger partial charge is 0.442 e. The Labute approximate surface area is 183 Å². The van der Waals surface area contributed by atoms with Crippen molar-refractivity contribution in [1.29, 1.82) is 0 Å². The Morgan fingerprint density at radius 3 is 2.45 bits per heavy atom. The van der Waals surface area contributed by atoms with Gasteiger partial charge in [-0.15, -0.1) is 34.8 Å². The Balaban J connectivity index is 1.59. The standard InChI is InChI=1S/C18H22Cl3FN4O3/c1-11(27)23-8-14-9-26(18(28)29-14)13-4-2-12(3-5-13)24-6-7-25(15(22)10-24)17(21)16(19)20/h2-5,14-17H,6-10H2,1H3,(H,23,27). The zero-order valence-corrected chi connectivity index (χ0v) is 18.0. The summed E-state index contributed by atoms with van der Waals surface area (Å²) in [5.41, 5.74) is 0.717. The van der Waals surface area contributed by atoms with Crippen molar-refractivity contribution in [3.05, 3.63) is 24.3 Å². The average molecular weight is 468 g/mol. The number of halogens is 4. The number of nitrogens with one attached hydrogen (secondary N) is 1. The first kappa shape index (κ1) is 22.2. The van der Waals surface area contributed by atoms with E-state index in [2.05, 4.69) is 5.32 Å². The molecule has 1 N–H and O–H groups in total. The van der Waals surface area contributed by atoms with E-state index in [1.807, 2.05) is 17.0 Å². The molecule has 7 nitrogen and oxygen atoms in total. The number of benzene rings is 1. The summed E-state index contributed by atoms with van der Waals surface area (Å²) in [7, 11) is 0. The van der Waals surface area contributed by atoms with E-state index in [1.165, 1.54) is 16.7 Å². The lowest BCUT2D eigenvalue weighted by atomic mass is 10.2. The van der Waals surface area contributed by atoms with Crippen molar-refractivity contribution in [3.63, 3.8) is 0 Å². The minimum Gasteiger partial charge on any atom is -0.442 e. The van der Waals surface area contributed by atoms with Crippen LogP contribution in [-0.2, 0) is 9.53 Å². The molecule has 160 valence electrons. The number of cyclic esters (lactones) is 1. The topological polar surface area (TPSA) is 65.1 Å². The molecule has 1 aromatic carbocycles. The van der Waals surface area contributed by atoms with Gasteiger partial charge in [0.05, 0.1) is 19.6 Å². The van der Waals surface area contributed by atoms with Gasteiger partial charge in [0, 0.05) is 31.4 Å². The van der Waals surface area contributed by atoms with Crippen LogP contribution >= 0.6 is 34.8 Å². The van der Waals surface area contributed by atoms with Crippen molar-refractivity contribution < 1.29 is 18.7 Å². The first-order valence-corrected chi connectivity index (χ1v) is 10.5. The van der Waals surface area contributed by atoms with E-state index in [0.29, 0.717) is 25.3 Å². The quantitative estimate of drug-likeness (QED) is 0.515. The highest BCUT2D eigenvalue weighted by Gasteiger charge is 2.35. The Bertz CT molecular complexity index is 740. The fourth-order valence-electron chi connectivity index (χ4n) is 3.35. The maximum absolute atomic E-state index is 14.5. The van der Waals surface area contributed by atoms with Crippen LogP contribution in [0.25, 0.3) is 0 Å². The van der Waals surface area contributed by atoms with E-state index in [1.54, 1.807) is 12.1 Å². The number of piperazine rings is 1. The third-order valence-electron chi connectivity index (χ3n) is 4.86. The fourth-order valence-corrected chi connectivity index (χ4v) is 3.86. The van der Waals surface area contributed by atoms with E-state index in [9.17, 15) is 14.0 Å². The highest BCUT2D eigenvalue weighted by atomic mass is 35.5. The van der Waals surface area contributed by atoms with Gasteiger partial charge in [-0.2, -0.15) is 0 Å². The van der Waals surface area contributed by atoms with Crippen LogP contribution in [0.3, 0.4) is 0 Å². The van der Waals surface area contributed by atoms with E-state index in [0.717, 1.165) is 5.69 Å². The van der Waals surface area contributed by atoms with Crippen LogP contribution in [0.5, 0.6) is 0 Å². The van der Waals surface area contributed by atoms with Gasteiger partial charge in [0.2, 0.25) is 5.91 Å². The molecule has 0 aromatic heterocycles. The molecule has 29 heavy (non-hydrogen) atoms. The van der Waals surface area contributed by atoms with Gasteiger partial charge >= 0.3 is 6.09 Å². The van der Waals surface area contributed by atoms with E-state index in [-0.39, 0.29) is 19.0 Å². The van der Waals surface area contributed by atoms with Crippen molar-refractivity contribution in [2.75, 3.05) is 42.5 Å². The molecule has 0 spiro atoms. The average Bonchev–Trinajstić information content (AvgIpc) is 3.06. The number of amides is 2. The highest BCUT2D eigenvalue weighted by molar-refractivity contribution is 6.48. The van der Waals surface area contributed by atoms with Crippen LogP contribution in [0.2, 0.25) is 0 Å². The predicted octanol–water partition coefficient (Wildman–Crippen LogP) is 2.93. The predicted molar refractivity (Wildman–Crippen MR) is 112 cm³/mol. The van der Waals surface area contributed by atoms with Gasteiger partial charge < -0.3 is 15.0 Å². The minimum absolute atomic E-state index is 0.133. The number of anilines is 2. The second kappa shape index (κ2) is 9.55. The van der Waals surface area contributed by atoms with Crippen LogP contribution in [0, 0.1) is 0 Å². The van der Waals surface area contributed by atoms with Gasteiger partial charge in [0.25, 0.3) is 0 Å². The summed E-state index contributed by atoms with van der Waals surface area (Å²) in [5.74, 6) is -0.178. The van der Waals surface area contributed by atoms with Crippen LogP contribution in [0.4, 0.5) is 20.6 Å². The first-order valence-electron chi connectivity index (χ1n) is 9.16. The molecule has 2 amide bonds. The zero-order chi connectivity index (χ0) is 21.1. The number of alkyl halides is 4. The number of rotatable bonds is 6. The molecule has 3 rings (SSSR count). The smallest absolute Gasteiger partial charge is 0.414 e. The number of hydrogen-bond donors (Lipinski definition) is 1. The number of ether oxygens (including phenoxy) is 1. The van der Waals surface area contributed by atoms with E-state index < -0.39 is 28.8 Å². The van der Waals surface area contributed by atoms with E-state index >= 15 is 0 Å². The molecule has 2 aliphatic heterocycles. The fraction of sp³-hybridized carbons (Fsp3) is 0.556. The molecule has 0 radical (unpaired) electrons. The summed E-state index contributed by atoms with van der Waals surface area (Å²) in [6.45, 7) is 3.10.